The fourth-order valence-electron chi connectivity index (χ4n) is 3.83. The summed E-state index contributed by atoms with van der Waals surface area (Å²) in [5.74, 6) is 1.27. The first-order valence-electron chi connectivity index (χ1n) is 8.87. The topological polar surface area (TPSA) is 60.4 Å². The molecule has 4 rings (SSSR count). The molecular formula is C18H24N4O2S. The zero-order valence-corrected chi connectivity index (χ0v) is 15.4. The van der Waals surface area contributed by atoms with Gasteiger partial charge in [-0.05, 0) is 32.1 Å². The van der Waals surface area contributed by atoms with E-state index in [1.807, 2.05) is 0 Å². The minimum absolute atomic E-state index is 0.0573. The lowest BCUT2D eigenvalue weighted by Crippen LogP contribution is -2.64. The van der Waals surface area contributed by atoms with Crippen molar-refractivity contribution in [2.75, 3.05) is 26.3 Å². The van der Waals surface area contributed by atoms with Crippen molar-refractivity contribution < 1.29 is 9.47 Å². The van der Waals surface area contributed by atoms with E-state index in [0.29, 0.717) is 18.4 Å². The predicted molar refractivity (Wildman–Crippen MR) is 95.7 cm³/mol. The number of likely N-dealkylation sites (tertiary alicyclic amines) is 1. The largest absolute Gasteiger partial charge is 0.477 e. The maximum absolute atomic E-state index is 6.15. The Bertz CT molecular complexity index is 687. The fraction of sp³-hybridized carbons (Fsp3) is 0.611. The third kappa shape index (κ3) is 4.16. The molecule has 1 atom stereocenters. The molecule has 134 valence electrons. The van der Waals surface area contributed by atoms with Crippen molar-refractivity contribution in [2.24, 2.45) is 5.92 Å². The molecule has 0 radical (unpaired) electrons. The smallest absolute Gasteiger partial charge is 0.232 e. The second kappa shape index (κ2) is 7.35. The lowest BCUT2D eigenvalue weighted by molar-refractivity contribution is -0.182. The van der Waals surface area contributed by atoms with Crippen LogP contribution in [0.4, 0.5) is 0 Å². The van der Waals surface area contributed by atoms with E-state index in [2.05, 4.69) is 32.2 Å². The Kier molecular flexibility index (Phi) is 4.96. The lowest BCUT2D eigenvalue weighted by Gasteiger charge is -2.53. The van der Waals surface area contributed by atoms with Gasteiger partial charge in [-0.3, -0.25) is 9.88 Å². The van der Waals surface area contributed by atoms with Gasteiger partial charge in [-0.1, -0.05) is 0 Å². The zero-order valence-electron chi connectivity index (χ0n) is 14.6. The molecule has 0 saturated carbocycles. The van der Waals surface area contributed by atoms with Crippen molar-refractivity contribution in [2.45, 2.75) is 38.3 Å². The molecule has 2 aliphatic heterocycles. The van der Waals surface area contributed by atoms with Crippen molar-refractivity contribution in [3.05, 3.63) is 34.7 Å². The van der Waals surface area contributed by atoms with E-state index >= 15 is 0 Å². The highest BCUT2D eigenvalue weighted by molar-refractivity contribution is 7.09. The van der Waals surface area contributed by atoms with Crippen LogP contribution in [0.25, 0.3) is 0 Å². The highest BCUT2D eigenvalue weighted by atomic mass is 32.1. The van der Waals surface area contributed by atoms with E-state index in [-0.39, 0.29) is 5.60 Å². The number of aryl methyl sites for hydroxylation is 1. The minimum atomic E-state index is 0.0573. The van der Waals surface area contributed by atoms with Crippen molar-refractivity contribution in [3.8, 4) is 5.88 Å². The van der Waals surface area contributed by atoms with Gasteiger partial charge in [0.1, 0.15) is 5.01 Å². The van der Waals surface area contributed by atoms with E-state index in [1.165, 1.54) is 5.01 Å². The molecule has 1 unspecified atom stereocenters. The summed E-state index contributed by atoms with van der Waals surface area (Å²) in [5, 5.41) is 3.33. The zero-order chi connectivity index (χ0) is 17.1. The normalized spacial score (nSPS) is 22.7. The molecule has 4 heterocycles. The summed E-state index contributed by atoms with van der Waals surface area (Å²) in [6.07, 6.45) is 8.28. The maximum Gasteiger partial charge on any atom is 0.232 e. The number of hydrogen-bond donors (Lipinski definition) is 0. The van der Waals surface area contributed by atoms with Gasteiger partial charge in [-0.15, -0.1) is 11.3 Å². The van der Waals surface area contributed by atoms with E-state index in [1.54, 1.807) is 29.9 Å². The second-order valence-corrected chi connectivity index (χ2v) is 8.04. The number of thiazole rings is 1. The molecule has 0 N–H and O–H groups in total. The van der Waals surface area contributed by atoms with Gasteiger partial charge >= 0.3 is 0 Å². The lowest BCUT2D eigenvalue weighted by atomic mass is 9.79. The van der Waals surface area contributed by atoms with Crippen LogP contribution < -0.4 is 4.74 Å². The van der Waals surface area contributed by atoms with Crippen molar-refractivity contribution in [1.29, 1.82) is 0 Å². The summed E-state index contributed by atoms with van der Waals surface area (Å²) in [7, 11) is 0. The average Bonchev–Trinajstić information content (AvgIpc) is 3.00. The Balaban J connectivity index is 1.22. The molecule has 25 heavy (non-hydrogen) atoms. The fourth-order valence-corrected chi connectivity index (χ4v) is 4.65. The van der Waals surface area contributed by atoms with Gasteiger partial charge in [0.05, 0.1) is 24.9 Å². The van der Waals surface area contributed by atoms with Gasteiger partial charge in [0.15, 0.2) is 0 Å². The molecule has 7 heteroatoms. The Morgan fingerprint density at radius 1 is 1.40 bits per heavy atom. The van der Waals surface area contributed by atoms with E-state index in [4.69, 9.17) is 9.47 Å². The summed E-state index contributed by atoms with van der Waals surface area (Å²) in [5.41, 5.74) is 1.18. The van der Waals surface area contributed by atoms with Crippen LogP contribution in [0.3, 0.4) is 0 Å². The average molecular weight is 360 g/mol. The summed E-state index contributed by atoms with van der Waals surface area (Å²) in [6, 6.07) is 0. The molecule has 2 aromatic heterocycles. The van der Waals surface area contributed by atoms with Crippen molar-refractivity contribution >= 4 is 11.3 Å². The molecular weight excluding hydrogens is 336 g/mol. The molecule has 2 aliphatic rings. The van der Waals surface area contributed by atoms with Gasteiger partial charge < -0.3 is 9.47 Å². The van der Waals surface area contributed by atoms with Crippen LogP contribution in [0.2, 0.25) is 0 Å². The van der Waals surface area contributed by atoms with Crippen molar-refractivity contribution in [3.63, 3.8) is 0 Å². The van der Waals surface area contributed by atoms with Crippen molar-refractivity contribution in [1.82, 2.24) is 19.9 Å². The van der Waals surface area contributed by atoms with E-state index in [0.717, 1.165) is 51.2 Å². The molecule has 6 nitrogen and oxygen atoms in total. The van der Waals surface area contributed by atoms with Crippen LogP contribution in [0.15, 0.2) is 24.0 Å². The molecule has 0 bridgehead atoms. The van der Waals surface area contributed by atoms with Crippen LogP contribution in [0, 0.1) is 12.8 Å². The molecule has 0 aliphatic carbocycles. The van der Waals surface area contributed by atoms with Gasteiger partial charge in [0.2, 0.25) is 5.88 Å². The molecule has 0 amide bonds. The first kappa shape index (κ1) is 16.9. The minimum Gasteiger partial charge on any atom is -0.477 e. The van der Waals surface area contributed by atoms with Crippen LogP contribution in [-0.2, 0) is 11.3 Å². The maximum atomic E-state index is 6.15. The molecule has 2 aromatic rings. The van der Waals surface area contributed by atoms with Gasteiger partial charge in [0.25, 0.3) is 0 Å². The summed E-state index contributed by atoms with van der Waals surface area (Å²) in [6.45, 7) is 6.60. The van der Waals surface area contributed by atoms with E-state index in [9.17, 15) is 0 Å². The molecule has 0 aromatic carbocycles. The third-order valence-corrected chi connectivity index (χ3v) is 5.91. The first-order chi connectivity index (χ1) is 12.2. The quantitative estimate of drug-likeness (QED) is 0.789. The summed E-state index contributed by atoms with van der Waals surface area (Å²) in [4.78, 5) is 15.2. The Morgan fingerprint density at radius 2 is 2.32 bits per heavy atom. The Labute approximate surface area is 152 Å². The Hall–Kier alpha value is -1.57. The highest BCUT2D eigenvalue weighted by Gasteiger charge is 2.47. The summed E-state index contributed by atoms with van der Waals surface area (Å²) < 4.78 is 11.8. The highest BCUT2D eigenvalue weighted by Crippen LogP contribution is 2.38. The predicted octanol–water partition coefficient (Wildman–Crippen LogP) is 2.69. The van der Waals surface area contributed by atoms with Gasteiger partial charge in [-0.2, -0.15) is 0 Å². The van der Waals surface area contributed by atoms with Crippen LogP contribution in [-0.4, -0.2) is 51.8 Å². The number of ether oxygens (including phenoxy) is 2. The molecule has 2 fully saturated rings. The SMILES string of the molecule is Cc1csc(CN2CC3(CC(CCOc4cnccn4)CCO3)C2)n1. The Morgan fingerprint density at radius 3 is 3.08 bits per heavy atom. The summed E-state index contributed by atoms with van der Waals surface area (Å²) >= 11 is 1.75. The third-order valence-electron chi connectivity index (χ3n) is 4.96. The van der Waals surface area contributed by atoms with Crippen LogP contribution >= 0.6 is 11.3 Å². The van der Waals surface area contributed by atoms with Gasteiger partial charge in [-0.25, -0.2) is 9.97 Å². The monoisotopic (exact) mass is 360 g/mol. The molecule has 2 saturated heterocycles. The first-order valence-corrected chi connectivity index (χ1v) is 9.75. The number of hydrogen-bond acceptors (Lipinski definition) is 7. The van der Waals surface area contributed by atoms with Crippen LogP contribution in [0.1, 0.15) is 30.0 Å². The second-order valence-electron chi connectivity index (χ2n) is 7.10. The number of nitrogens with zero attached hydrogens (tertiary/aromatic N) is 4. The van der Waals surface area contributed by atoms with Crippen LogP contribution in [0.5, 0.6) is 5.88 Å². The van der Waals surface area contributed by atoms with Gasteiger partial charge in [0, 0.05) is 43.2 Å². The van der Waals surface area contributed by atoms with E-state index < -0.39 is 0 Å². The number of rotatable bonds is 6. The molecule has 1 spiro atoms. The number of aromatic nitrogens is 3. The standard InChI is InChI=1S/C18H24N4O2S/c1-14-11-25-17(21-14)10-22-12-18(13-22)8-15(3-7-24-18)2-6-23-16-9-19-4-5-20-16/h4-5,9,11,15H,2-3,6-8,10,12-13H2,1H3.